The van der Waals surface area contributed by atoms with Crippen molar-refractivity contribution in [2.24, 2.45) is 0 Å². The van der Waals surface area contributed by atoms with Crippen molar-refractivity contribution in [1.29, 1.82) is 0 Å². The first-order valence-electron chi connectivity index (χ1n) is 4.63. The van der Waals surface area contributed by atoms with Gasteiger partial charge in [0.2, 0.25) is 0 Å². The minimum absolute atomic E-state index is 0.608. The lowest BCUT2D eigenvalue weighted by Crippen LogP contribution is -1.99. The van der Waals surface area contributed by atoms with Gasteiger partial charge in [0.05, 0.1) is 24.8 Å². The second kappa shape index (κ2) is 2.87. The van der Waals surface area contributed by atoms with Crippen LogP contribution >= 0.6 is 0 Å². The molecule has 0 unspecified atom stereocenters. The lowest BCUT2D eigenvalue weighted by Gasteiger charge is -2.04. The molecule has 3 rings (SSSR count). The van der Waals surface area contributed by atoms with Gasteiger partial charge in [-0.2, -0.15) is 0 Å². The van der Waals surface area contributed by atoms with Crippen molar-refractivity contribution in [1.82, 2.24) is 9.55 Å². The number of nitrogens with zero attached hydrogens (tertiary/aromatic N) is 2. The van der Waals surface area contributed by atoms with E-state index in [0.29, 0.717) is 6.61 Å². The highest BCUT2D eigenvalue weighted by atomic mass is 16.5. The Morgan fingerprint density at radius 2 is 2.21 bits per heavy atom. The van der Waals surface area contributed by atoms with Crippen molar-refractivity contribution >= 4 is 0 Å². The van der Waals surface area contributed by atoms with Gasteiger partial charge in [-0.3, -0.25) is 0 Å². The Labute approximate surface area is 82.0 Å². The van der Waals surface area contributed by atoms with E-state index in [4.69, 9.17) is 4.74 Å². The molecule has 1 aliphatic heterocycles. The molecular weight excluding hydrogens is 176 g/mol. The fraction of sp³-hybridized carbons (Fsp3) is 0.182. The normalized spacial score (nSPS) is 13.7. The van der Waals surface area contributed by atoms with Gasteiger partial charge in [-0.1, -0.05) is 18.2 Å². The number of imidazole rings is 1. The summed E-state index contributed by atoms with van der Waals surface area (Å²) in [5.74, 6) is 0.983. The summed E-state index contributed by atoms with van der Waals surface area (Å²) in [6.45, 7) is 1.46. The highest BCUT2D eigenvalue weighted by molar-refractivity contribution is 5.34. The van der Waals surface area contributed by atoms with Gasteiger partial charge in [-0.25, -0.2) is 4.98 Å². The molecule has 70 valence electrons. The van der Waals surface area contributed by atoms with E-state index in [1.54, 1.807) is 0 Å². The molecule has 0 radical (unpaired) electrons. The largest absolute Gasteiger partial charge is 0.487 e. The SMILES string of the molecule is c1ccc2c(c1)Cn1cncc1CO2. The standard InChI is InChI=1S/C11H10N2O/c1-2-4-11-9(3-1)6-13-8-12-5-10(13)7-14-11/h1-5,8H,6-7H2. The number of hydrogen-bond acceptors (Lipinski definition) is 2. The smallest absolute Gasteiger partial charge is 0.130 e. The number of para-hydroxylation sites is 1. The van der Waals surface area contributed by atoms with Crippen LogP contribution in [0.1, 0.15) is 11.3 Å². The van der Waals surface area contributed by atoms with Crippen LogP contribution in [0.3, 0.4) is 0 Å². The number of rotatable bonds is 0. The first-order chi connectivity index (χ1) is 6.93. The minimum Gasteiger partial charge on any atom is -0.487 e. The van der Waals surface area contributed by atoms with Crippen LogP contribution < -0.4 is 4.74 Å². The van der Waals surface area contributed by atoms with Crippen molar-refractivity contribution in [2.45, 2.75) is 13.2 Å². The highest BCUT2D eigenvalue weighted by Gasteiger charge is 2.12. The molecule has 0 aliphatic carbocycles. The molecule has 0 bridgehead atoms. The number of benzene rings is 1. The van der Waals surface area contributed by atoms with E-state index in [0.717, 1.165) is 18.0 Å². The van der Waals surface area contributed by atoms with Crippen molar-refractivity contribution in [3.05, 3.63) is 48.0 Å². The third-order valence-electron chi connectivity index (χ3n) is 2.49. The Hall–Kier alpha value is -1.77. The molecule has 0 fully saturated rings. The summed E-state index contributed by atoms with van der Waals surface area (Å²) < 4.78 is 7.79. The molecular formula is C11H10N2O. The van der Waals surface area contributed by atoms with Crippen molar-refractivity contribution in [2.75, 3.05) is 0 Å². The average molecular weight is 186 g/mol. The quantitative estimate of drug-likeness (QED) is 0.627. The van der Waals surface area contributed by atoms with E-state index >= 15 is 0 Å². The maximum atomic E-state index is 5.67. The lowest BCUT2D eigenvalue weighted by molar-refractivity contribution is 0.303. The van der Waals surface area contributed by atoms with Gasteiger partial charge >= 0.3 is 0 Å². The van der Waals surface area contributed by atoms with E-state index in [2.05, 4.69) is 15.6 Å². The molecule has 0 atom stereocenters. The summed E-state index contributed by atoms with van der Waals surface area (Å²) in [6, 6.07) is 8.13. The molecule has 1 aliphatic rings. The van der Waals surface area contributed by atoms with E-state index in [9.17, 15) is 0 Å². The zero-order valence-corrected chi connectivity index (χ0v) is 7.68. The first kappa shape index (κ1) is 7.62. The van der Waals surface area contributed by atoms with Gasteiger partial charge in [-0.15, -0.1) is 0 Å². The van der Waals surface area contributed by atoms with Gasteiger partial charge in [-0.05, 0) is 6.07 Å². The van der Waals surface area contributed by atoms with Crippen LogP contribution in [0.2, 0.25) is 0 Å². The van der Waals surface area contributed by atoms with Crippen molar-refractivity contribution in [3.63, 3.8) is 0 Å². The Balaban J connectivity index is 2.10. The minimum atomic E-state index is 0.608. The van der Waals surface area contributed by atoms with E-state index in [1.807, 2.05) is 30.7 Å². The molecule has 3 nitrogen and oxygen atoms in total. The van der Waals surface area contributed by atoms with Crippen molar-refractivity contribution in [3.8, 4) is 5.75 Å². The van der Waals surface area contributed by atoms with Gasteiger partial charge in [0.15, 0.2) is 0 Å². The topological polar surface area (TPSA) is 27.1 Å². The number of hydrogen-bond donors (Lipinski definition) is 0. The summed E-state index contributed by atoms with van der Waals surface area (Å²) in [7, 11) is 0. The Morgan fingerprint density at radius 3 is 3.21 bits per heavy atom. The summed E-state index contributed by atoms with van der Waals surface area (Å²) >= 11 is 0. The van der Waals surface area contributed by atoms with Crippen LogP contribution in [0, 0.1) is 0 Å². The predicted molar refractivity (Wildman–Crippen MR) is 52.1 cm³/mol. The number of aromatic nitrogens is 2. The van der Waals surface area contributed by atoms with Gasteiger partial charge in [0.25, 0.3) is 0 Å². The lowest BCUT2D eigenvalue weighted by atomic mass is 10.2. The zero-order chi connectivity index (χ0) is 9.38. The zero-order valence-electron chi connectivity index (χ0n) is 7.68. The van der Waals surface area contributed by atoms with E-state index in [-0.39, 0.29) is 0 Å². The molecule has 1 aromatic heterocycles. The van der Waals surface area contributed by atoms with Crippen molar-refractivity contribution < 1.29 is 4.74 Å². The molecule has 2 heterocycles. The monoisotopic (exact) mass is 186 g/mol. The van der Waals surface area contributed by atoms with Gasteiger partial charge in [0, 0.05) is 5.56 Å². The van der Waals surface area contributed by atoms with Gasteiger partial charge < -0.3 is 9.30 Å². The number of ether oxygens (including phenoxy) is 1. The van der Waals surface area contributed by atoms with Crippen LogP contribution in [0.5, 0.6) is 5.75 Å². The molecule has 0 spiro atoms. The molecule has 0 amide bonds. The summed E-state index contributed by atoms with van der Waals surface area (Å²) in [4.78, 5) is 4.10. The maximum Gasteiger partial charge on any atom is 0.130 e. The predicted octanol–water partition coefficient (Wildman–Crippen LogP) is 1.82. The fourth-order valence-electron chi connectivity index (χ4n) is 1.72. The molecule has 3 heteroatoms. The maximum absolute atomic E-state index is 5.67. The molecule has 14 heavy (non-hydrogen) atoms. The van der Waals surface area contributed by atoms with Crippen LogP contribution in [-0.4, -0.2) is 9.55 Å². The summed E-state index contributed by atoms with van der Waals surface area (Å²) in [5.41, 5.74) is 2.34. The molecule has 0 N–H and O–H groups in total. The van der Waals surface area contributed by atoms with E-state index in [1.165, 1.54) is 5.56 Å². The molecule has 0 saturated carbocycles. The third kappa shape index (κ3) is 1.09. The second-order valence-corrected chi connectivity index (χ2v) is 3.41. The average Bonchev–Trinajstić information content (AvgIpc) is 2.58. The van der Waals surface area contributed by atoms with Gasteiger partial charge in [0.1, 0.15) is 12.4 Å². The first-order valence-corrected chi connectivity index (χ1v) is 4.63. The molecule has 0 saturated heterocycles. The fourth-order valence-corrected chi connectivity index (χ4v) is 1.72. The van der Waals surface area contributed by atoms with Crippen LogP contribution in [-0.2, 0) is 13.2 Å². The van der Waals surface area contributed by atoms with Crippen LogP contribution in [0.15, 0.2) is 36.8 Å². The van der Waals surface area contributed by atoms with Crippen LogP contribution in [0.4, 0.5) is 0 Å². The Morgan fingerprint density at radius 1 is 1.29 bits per heavy atom. The van der Waals surface area contributed by atoms with E-state index < -0.39 is 0 Å². The Kier molecular flexibility index (Phi) is 1.56. The molecule has 1 aromatic carbocycles. The van der Waals surface area contributed by atoms with Crippen LogP contribution in [0.25, 0.3) is 0 Å². The number of fused-ring (bicyclic) bond motifs is 2. The molecule has 2 aromatic rings. The summed E-state index contributed by atoms with van der Waals surface area (Å²) in [6.07, 6.45) is 3.70. The highest BCUT2D eigenvalue weighted by Crippen LogP contribution is 2.23. The third-order valence-corrected chi connectivity index (χ3v) is 2.49. The Bertz CT molecular complexity index is 462. The summed E-state index contributed by atoms with van der Waals surface area (Å²) in [5, 5.41) is 0. The second-order valence-electron chi connectivity index (χ2n) is 3.41.